The van der Waals surface area contributed by atoms with Crippen molar-refractivity contribution in [2.24, 2.45) is 0 Å². The Hall–Kier alpha value is -2.34. The number of nitrogens with zero attached hydrogens (tertiary/aromatic N) is 1. The lowest BCUT2D eigenvalue weighted by Crippen LogP contribution is -2.01. The van der Waals surface area contributed by atoms with E-state index in [2.05, 4.69) is 5.32 Å². The summed E-state index contributed by atoms with van der Waals surface area (Å²) in [5.41, 5.74) is 0.719. The van der Waals surface area contributed by atoms with Gasteiger partial charge in [-0.3, -0.25) is 10.1 Å². The van der Waals surface area contributed by atoms with Crippen molar-refractivity contribution in [3.63, 3.8) is 0 Å². The number of halogens is 2. The third-order valence-electron chi connectivity index (χ3n) is 2.60. The number of aromatic hydroxyl groups is 1. The van der Waals surface area contributed by atoms with Gasteiger partial charge in [0.15, 0.2) is 0 Å². The Labute approximate surface area is 118 Å². The SMILES string of the molecule is O=[N+]([O-])c1cc(F)cc(NCc2ccc(O)c(Cl)c2)c1. The summed E-state index contributed by atoms with van der Waals surface area (Å²) in [6.45, 7) is 0.292. The van der Waals surface area contributed by atoms with Gasteiger partial charge in [-0.1, -0.05) is 17.7 Å². The molecule has 0 unspecified atom stereocenters. The molecule has 2 rings (SSSR count). The zero-order valence-corrected chi connectivity index (χ0v) is 10.9. The van der Waals surface area contributed by atoms with Crippen LogP contribution in [0.15, 0.2) is 36.4 Å². The van der Waals surface area contributed by atoms with E-state index in [9.17, 15) is 19.6 Å². The molecule has 0 heterocycles. The first kappa shape index (κ1) is 14.1. The van der Waals surface area contributed by atoms with Gasteiger partial charge in [0, 0.05) is 18.3 Å². The van der Waals surface area contributed by atoms with Crippen LogP contribution >= 0.6 is 11.6 Å². The van der Waals surface area contributed by atoms with E-state index in [1.807, 2.05) is 0 Å². The number of nitro groups is 1. The summed E-state index contributed by atoms with van der Waals surface area (Å²) < 4.78 is 13.2. The largest absolute Gasteiger partial charge is 0.506 e. The van der Waals surface area contributed by atoms with Gasteiger partial charge in [-0.15, -0.1) is 0 Å². The third-order valence-corrected chi connectivity index (χ3v) is 2.90. The molecule has 2 N–H and O–H groups in total. The number of nitro benzene ring substituents is 1. The minimum atomic E-state index is -0.689. The van der Waals surface area contributed by atoms with Crippen molar-refractivity contribution in [1.29, 1.82) is 0 Å². The molecule has 7 heteroatoms. The molecule has 0 amide bonds. The zero-order chi connectivity index (χ0) is 14.7. The Morgan fingerprint density at radius 3 is 2.70 bits per heavy atom. The Morgan fingerprint density at radius 1 is 1.30 bits per heavy atom. The lowest BCUT2D eigenvalue weighted by molar-refractivity contribution is -0.385. The number of phenolic OH excluding ortho intramolecular Hbond substituents is 1. The van der Waals surface area contributed by atoms with Gasteiger partial charge in [-0.05, 0) is 23.8 Å². The highest BCUT2D eigenvalue weighted by Crippen LogP contribution is 2.25. The number of hydrogen-bond acceptors (Lipinski definition) is 4. The van der Waals surface area contributed by atoms with Crippen LogP contribution in [0.25, 0.3) is 0 Å². The lowest BCUT2D eigenvalue weighted by atomic mass is 10.2. The number of non-ortho nitro benzene ring substituents is 1. The fourth-order valence-electron chi connectivity index (χ4n) is 1.65. The second kappa shape index (κ2) is 5.75. The average Bonchev–Trinajstić information content (AvgIpc) is 2.39. The Morgan fingerprint density at radius 2 is 2.05 bits per heavy atom. The van der Waals surface area contributed by atoms with Crippen LogP contribution in [0.2, 0.25) is 5.02 Å². The molecule has 0 saturated heterocycles. The van der Waals surface area contributed by atoms with Crippen molar-refractivity contribution in [3.05, 3.63) is 62.9 Å². The first-order chi connectivity index (χ1) is 9.45. The quantitative estimate of drug-likeness (QED) is 0.666. The summed E-state index contributed by atoms with van der Waals surface area (Å²) in [5, 5.41) is 23.0. The molecule has 0 bridgehead atoms. The predicted octanol–water partition coefficient (Wildman–Crippen LogP) is 3.71. The second-order valence-corrected chi connectivity index (χ2v) is 4.50. The predicted molar refractivity (Wildman–Crippen MR) is 73.5 cm³/mol. The maximum absolute atomic E-state index is 13.2. The van der Waals surface area contributed by atoms with Crippen LogP contribution < -0.4 is 5.32 Å². The molecule has 5 nitrogen and oxygen atoms in total. The van der Waals surface area contributed by atoms with Crippen LogP contribution in [0.3, 0.4) is 0 Å². The molecule has 0 aliphatic rings. The van der Waals surface area contributed by atoms with Gasteiger partial charge in [0.25, 0.3) is 5.69 Å². The van der Waals surface area contributed by atoms with Crippen molar-refractivity contribution in [3.8, 4) is 5.75 Å². The number of phenols is 1. The van der Waals surface area contributed by atoms with Gasteiger partial charge < -0.3 is 10.4 Å². The third kappa shape index (κ3) is 3.36. The summed E-state index contributed by atoms with van der Waals surface area (Å²) in [6.07, 6.45) is 0. The summed E-state index contributed by atoms with van der Waals surface area (Å²) >= 11 is 5.76. The topological polar surface area (TPSA) is 75.4 Å². The number of nitrogens with one attached hydrogen (secondary N) is 1. The highest BCUT2D eigenvalue weighted by Gasteiger charge is 2.09. The Kier molecular flexibility index (Phi) is 4.05. The fourth-order valence-corrected chi connectivity index (χ4v) is 1.85. The molecular formula is C13H10ClFN2O3. The molecule has 2 aromatic carbocycles. The van der Waals surface area contributed by atoms with E-state index >= 15 is 0 Å². The standard InChI is InChI=1S/C13H10ClFN2O3/c14-12-3-8(1-2-13(12)18)7-16-10-4-9(15)5-11(6-10)17(19)20/h1-6,16,18H,7H2. The highest BCUT2D eigenvalue weighted by atomic mass is 35.5. The second-order valence-electron chi connectivity index (χ2n) is 4.09. The molecule has 0 fully saturated rings. The van der Waals surface area contributed by atoms with Gasteiger partial charge in [-0.2, -0.15) is 0 Å². The van der Waals surface area contributed by atoms with E-state index < -0.39 is 10.7 Å². The smallest absolute Gasteiger partial charge is 0.274 e. The molecule has 2 aromatic rings. The van der Waals surface area contributed by atoms with E-state index in [1.165, 1.54) is 12.1 Å². The lowest BCUT2D eigenvalue weighted by Gasteiger charge is -2.07. The minimum absolute atomic E-state index is 0.0307. The summed E-state index contributed by atoms with van der Waals surface area (Å²) in [5.74, 6) is -0.720. The summed E-state index contributed by atoms with van der Waals surface area (Å²) in [4.78, 5) is 9.97. The molecule has 0 saturated carbocycles. The van der Waals surface area contributed by atoms with Crippen LogP contribution in [0.1, 0.15) is 5.56 Å². The Bertz CT molecular complexity index is 664. The van der Waals surface area contributed by atoms with E-state index in [-0.39, 0.29) is 16.5 Å². The zero-order valence-electron chi connectivity index (χ0n) is 10.1. The highest BCUT2D eigenvalue weighted by molar-refractivity contribution is 6.32. The van der Waals surface area contributed by atoms with E-state index in [0.29, 0.717) is 12.2 Å². The Balaban J connectivity index is 2.14. The van der Waals surface area contributed by atoms with Crippen LogP contribution in [0.4, 0.5) is 15.8 Å². The number of rotatable bonds is 4. The van der Waals surface area contributed by atoms with E-state index in [1.54, 1.807) is 12.1 Å². The normalized spacial score (nSPS) is 10.3. The molecular weight excluding hydrogens is 287 g/mol. The van der Waals surface area contributed by atoms with Crippen LogP contribution in [0, 0.1) is 15.9 Å². The van der Waals surface area contributed by atoms with Gasteiger partial charge >= 0.3 is 0 Å². The van der Waals surface area contributed by atoms with Crippen LogP contribution in [0.5, 0.6) is 5.75 Å². The van der Waals surface area contributed by atoms with Crippen LogP contribution in [-0.2, 0) is 6.54 Å². The van der Waals surface area contributed by atoms with Crippen molar-refractivity contribution < 1.29 is 14.4 Å². The first-order valence-electron chi connectivity index (χ1n) is 5.62. The molecule has 0 spiro atoms. The molecule has 0 radical (unpaired) electrons. The van der Waals surface area contributed by atoms with Crippen LogP contribution in [-0.4, -0.2) is 10.0 Å². The van der Waals surface area contributed by atoms with Gasteiger partial charge in [0.1, 0.15) is 11.6 Å². The van der Waals surface area contributed by atoms with Crippen molar-refractivity contribution in [1.82, 2.24) is 0 Å². The van der Waals surface area contributed by atoms with E-state index in [0.717, 1.165) is 17.7 Å². The average molecular weight is 297 g/mol. The maximum atomic E-state index is 13.2. The molecule has 0 aliphatic carbocycles. The van der Waals surface area contributed by atoms with Gasteiger partial charge in [0.05, 0.1) is 16.0 Å². The van der Waals surface area contributed by atoms with Gasteiger partial charge in [0.2, 0.25) is 0 Å². The monoisotopic (exact) mass is 296 g/mol. The number of benzene rings is 2. The van der Waals surface area contributed by atoms with Crippen molar-refractivity contribution >= 4 is 23.0 Å². The van der Waals surface area contributed by atoms with E-state index in [4.69, 9.17) is 11.6 Å². The number of anilines is 1. The number of hydrogen-bond donors (Lipinski definition) is 2. The molecule has 104 valence electrons. The molecule has 0 aliphatic heterocycles. The van der Waals surface area contributed by atoms with Crippen molar-refractivity contribution in [2.45, 2.75) is 6.54 Å². The minimum Gasteiger partial charge on any atom is -0.506 e. The maximum Gasteiger partial charge on any atom is 0.274 e. The fraction of sp³-hybridized carbons (Fsp3) is 0.0769. The summed E-state index contributed by atoms with van der Waals surface area (Å²) in [6, 6.07) is 7.88. The first-order valence-corrected chi connectivity index (χ1v) is 6.00. The molecule has 0 aromatic heterocycles. The van der Waals surface area contributed by atoms with Gasteiger partial charge in [-0.25, -0.2) is 4.39 Å². The summed E-state index contributed by atoms with van der Waals surface area (Å²) in [7, 11) is 0. The molecule has 20 heavy (non-hydrogen) atoms. The van der Waals surface area contributed by atoms with Crippen molar-refractivity contribution in [2.75, 3.05) is 5.32 Å². The molecule has 0 atom stereocenters.